The molecule has 1 aromatic carbocycles. The molecule has 0 saturated heterocycles. The number of aliphatic hydroxyl groups excluding tert-OH is 1. The first-order valence-corrected chi connectivity index (χ1v) is 6.77. The minimum absolute atomic E-state index is 0.0618. The van der Waals surface area contributed by atoms with E-state index in [4.69, 9.17) is 9.84 Å². The Bertz CT molecular complexity index is 482. The van der Waals surface area contributed by atoms with Crippen molar-refractivity contribution in [1.29, 1.82) is 0 Å². The summed E-state index contributed by atoms with van der Waals surface area (Å²) in [6.45, 7) is -0.197. The highest BCUT2D eigenvalue weighted by atomic mass is 16.6. The van der Waals surface area contributed by atoms with Gasteiger partial charge in [-0.25, -0.2) is 0 Å². The second-order valence-corrected chi connectivity index (χ2v) is 5.29. The van der Waals surface area contributed by atoms with Crippen LogP contribution < -0.4 is 4.74 Å². The molecule has 0 amide bonds. The maximum Gasteiger partial charge on any atom is 0.311 e. The molecule has 1 aromatic rings. The average Bonchev–Trinajstić information content (AvgIpc) is 2.45. The summed E-state index contributed by atoms with van der Waals surface area (Å²) in [5, 5.41) is 30.3. The fourth-order valence-corrected chi connectivity index (χ4v) is 2.49. The van der Waals surface area contributed by atoms with Gasteiger partial charge < -0.3 is 14.9 Å². The van der Waals surface area contributed by atoms with Crippen LogP contribution in [0.2, 0.25) is 0 Å². The van der Waals surface area contributed by atoms with E-state index in [1.54, 1.807) is 6.07 Å². The highest BCUT2D eigenvalue weighted by Gasteiger charge is 2.31. The third-order valence-electron chi connectivity index (χ3n) is 3.68. The highest BCUT2D eigenvalue weighted by molar-refractivity contribution is 5.48. The van der Waals surface area contributed by atoms with Gasteiger partial charge in [0, 0.05) is 6.07 Å². The summed E-state index contributed by atoms with van der Waals surface area (Å²) >= 11 is 0. The van der Waals surface area contributed by atoms with E-state index >= 15 is 0 Å². The summed E-state index contributed by atoms with van der Waals surface area (Å²) in [5.41, 5.74) is -0.613. The van der Waals surface area contributed by atoms with Gasteiger partial charge >= 0.3 is 5.69 Å². The Morgan fingerprint density at radius 2 is 2.00 bits per heavy atom. The van der Waals surface area contributed by atoms with Gasteiger partial charge in [0.15, 0.2) is 5.75 Å². The first-order chi connectivity index (χ1) is 9.54. The van der Waals surface area contributed by atoms with Crippen molar-refractivity contribution in [3.05, 3.63) is 33.9 Å². The van der Waals surface area contributed by atoms with Gasteiger partial charge in [-0.15, -0.1) is 0 Å². The minimum atomic E-state index is -0.887. The first kappa shape index (κ1) is 14.7. The maximum absolute atomic E-state index is 11.0. The number of hydrogen-bond donors (Lipinski definition) is 2. The standard InChI is InChI=1S/C14H19NO5/c16-9-11-4-5-13(12(8-11)15(18)19)20-10-14(17)6-2-1-3-7-14/h4-5,8,16-17H,1-3,6-7,9-10H2. The van der Waals surface area contributed by atoms with Gasteiger partial charge in [-0.1, -0.05) is 25.3 Å². The van der Waals surface area contributed by atoms with Crippen LogP contribution in [0.4, 0.5) is 5.69 Å². The number of rotatable bonds is 5. The predicted molar refractivity (Wildman–Crippen MR) is 72.5 cm³/mol. The second-order valence-electron chi connectivity index (χ2n) is 5.29. The van der Waals surface area contributed by atoms with Gasteiger partial charge in [0.05, 0.1) is 17.1 Å². The van der Waals surface area contributed by atoms with Gasteiger partial charge in [-0.3, -0.25) is 10.1 Å². The van der Waals surface area contributed by atoms with E-state index in [0.29, 0.717) is 18.4 Å². The molecule has 1 aliphatic rings. The van der Waals surface area contributed by atoms with Crippen molar-refractivity contribution in [3.63, 3.8) is 0 Å². The van der Waals surface area contributed by atoms with Crippen LogP contribution in [0, 0.1) is 10.1 Å². The minimum Gasteiger partial charge on any atom is -0.484 e. The molecule has 0 heterocycles. The summed E-state index contributed by atoms with van der Waals surface area (Å²) in [6.07, 6.45) is 4.33. The molecule has 1 aliphatic carbocycles. The predicted octanol–water partition coefficient (Wildman–Crippen LogP) is 2.16. The van der Waals surface area contributed by atoms with Gasteiger partial charge in [-0.05, 0) is 24.5 Å². The van der Waals surface area contributed by atoms with Crippen LogP contribution in [0.3, 0.4) is 0 Å². The van der Waals surface area contributed by atoms with Crippen molar-refractivity contribution in [2.45, 2.75) is 44.3 Å². The molecule has 0 spiro atoms. The molecule has 0 aromatic heterocycles. The highest BCUT2D eigenvalue weighted by Crippen LogP contribution is 2.32. The van der Waals surface area contributed by atoms with Gasteiger partial charge in [0.1, 0.15) is 6.61 Å². The molecule has 110 valence electrons. The molecular formula is C14H19NO5. The monoisotopic (exact) mass is 281 g/mol. The third kappa shape index (κ3) is 3.46. The molecule has 1 fully saturated rings. The Balaban J connectivity index is 2.10. The molecule has 0 unspecified atom stereocenters. The lowest BCUT2D eigenvalue weighted by Crippen LogP contribution is -2.38. The Morgan fingerprint density at radius 3 is 2.60 bits per heavy atom. The maximum atomic E-state index is 11.0. The number of nitro benzene ring substituents is 1. The number of aliphatic hydroxyl groups is 2. The van der Waals surface area contributed by atoms with Crippen molar-refractivity contribution in [2.24, 2.45) is 0 Å². The van der Waals surface area contributed by atoms with Gasteiger partial charge in [0.2, 0.25) is 0 Å². The number of nitro groups is 1. The normalized spacial score (nSPS) is 17.7. The van der Waals surface area contributed by atoms with Crippen molar-refractivity contribution in [2.75, 3.05) is 6.61 Å². The molecule has 6 nitrogen and oxygen atoms in total. The number of nitrogens with zero attached hydrogens (tertiary/aromatic N) is 1. The molecule has 0 radical (unpaired) electrons. The van der Waals surface area contributed by atoms with E-state index in [0.717, 1.165) is 19.3 Å². The van der Waals surface area contributed by atoms with Crippen LogP contribution in [0.25, 0.3) is 0 Å². The molecular weight excluding hydrogens is 262 g/mol. The van der Waals surface area contributed by atoms with Crippen LogP contribution in [0.1, 0.15) is 37.7 Å². The van der Waals surface area contributed by atoms with E-state index < -0.39 is 10.5 Å². The first-order valence-electron chi connectivity index (χ1n) is 6.77. The van der Waals surface area contributed by atoms with Crippen molar-refractivity contribution in [1.82, 2.24) is 0 Å². The fourth-order valence-electron chi connectivity index (χ4n) is 2.49. The molecule has 1 saturated carbocycles. The summed E-state index contributed by atoms with van der Waals surface area (Å²) < 4.78 is 5.47. The van der Waals surface area contributed by atoms with E-state index in [9.17, 15) is 15.2 Å². The van der Waals surface area contributed by atoms with E-state index in [1.807, 2.05) is 0 Å². The molecule has 0 atom stereocenters. The molecule has 2 rings (SSSR count). The molecule has 20 heavy (non-hydrogen) atoms. The Labute approximate surface area is 117 Å². The van der Waals surface area contributed by atoms with Gasteiger partial charge in [0.25, 0.3) is 0 Å². The van der Waals surface area contributed by atoms with Crippen LogP contribution >= 0.6 is 0 Å². The zero-order chi connectivity index (χ0) is 14.6. The number of benzene rings is 1. The zero-order valence-corrected chi connectivity index (χ0v) is 11.2. The van der Waals surface area contributed by atoms with Gasteiger partial charge in [-0.2, -0.15) is 0 Å². The Hall–Kier alpha value is -1.66. The molecule has 0 bridgehead atoms. The molecule has 0 aliphatic heterocycles. The molecule has 6 heteroatoms. The summed E-state index contributed by atoms with van der Waals surface area (Å²) in [6, 6.07) is 4.34. The zero-order valence-electron chi connectivity index (χ0n) is 11.2. The summed E-state index contributed by atoms with van der Waals surface area (Å²) in [7, 11) is 0. The third-order valence-corrected chi connectivity index (χ3v) is 3.68. The average molecular weight is 281 g/mol. The summed E-state index contributed by atoms with van der Waals surface area (Å²) in [4.78, 5) is 10.5. The quantitative estimate of drug-likeness (QED) is 0.637. The van der Waals surface area contributed by atoms with E-state index in [2.05, 4.69) is 0 Å². The van der Waals surface area contributed by atoms with Crippen LogP contribution in [0.15, 0.2) is 18.2 Å². The van der Waals surface area contributed by atoms with E-state index in [-0.39, 0.29) is 24.7 Å². The Kier molecular flexibility index (Phi) is 4.57. The fraction of sp³-hybridized carbons (Fsp3) is 0.571. The summed E-state index contributed by atoms with van der Waals surface area (Å²) in [5.74, 6) is 0.131. The lowest BCUT2D eigenvalue weighted by molar-refractivity contribution is -0.386. The smallest absolute Gasteiger partial charge is 0.311 e. The van der Waals surface area contributed by atoms with Crippen molar-refractivity contribution >= 4 is 5.69 Å². The lowest BCUT2D eigenvalue weighted by atomic mass is 9.85. The second kappa shape index (κ2) is 6.19. The lowest BCUT2D eigenvalue weighted by Gasteiger charge is -2.31. The number of hydrogen-bond acceptors (Lipinski definition) is 5. The van der Waals surface area contributed by atoms with Crippen LogP contribution in [-0.4, -0.2) is 27.3 Å². The van der Waals surface area contributed by atoms with E-state index in [1.165, 1.54) is 12.1 Å². The van der Waals surface area contributed by atoms with Crippen molar-refractivity contribution in [3.8, 4) is 5.75 Å². The van der Waals surface area contributed by atoms with Crippen LogP contribution in [-0.2, 0) is 6.61 Å². The topological polar surface area (TPSA) is 92.8 Å². The SMILES string of the molecule is O=[N+]([O-])c1cc(CO)ccc1OCC1(O)CCCCC1. The Morgan fingerprint density at radius 1 is 1.30 bits per heavy atom. The molecule has 2 N–H and O–H groups in total. The number of ether oxygens (including phenoxy) is 1. The van der Waals surface area contributed by atoms with Crippen molar-refractivity contribution < 1.29 is 19.9 Å². The largest absolute Gasteiger partial charge is 0.484 e. The van der Waals surface area contributed by atoms with Crippen LogP contribution in [0.5, 0.6) is 5.75 Å².